The Balaban J connectivity index is 2.99. The Labute approximate surface area is 104 Å². The molecule has 0 radical (unpaired) electrons. The van der Waals surface area contributed by atoms with Crippen LogP contribution < -0.4 is 0 Å². The van der Waals surface area contributed by atoms with Crippen molar-refractivity contribution in [1.82, 2.24) is 0 Å². The zero-order valence-electron chi connectivity index (χ0n) is 9.21. The van der Waals surface area contributed by atoms with Crippen LogP contribution in [0.5, 0.6) is 0 Å². The van der Waals surface area contributed by atoms with Crippen molar-refractivity contribution >= 4 is 34.7 Å². The van der Waals surface area contributed by atoms with Gasteiger partial charge in [0.15, 0.2) is 0 Å². The predicted octanol–water partition coefficient (Wildman–Crippen LogP) is 3.77. The van der Waals surface area contributed by atoms with E-state index in [0.29, 0.717) is 0 Å². The Kier molecular flexibility index (Phi) is 4.05. The second-order valence-electron chi connectivity index (χ2n) is 4.11. The maximum absolute atomic E-state index is 11.8. The summed E-state index contributed by atoms with van der Waals surface area (Å²) in [4.78, 5) is 11.8. The molecule has 0 aromatic carbocycles. The molecule has 1 aromatic rings. The molecule has 16 heavy (non-hydrogen) atoms. The zero-order chi connectivity index (χ0) is 12.3. The molecule has 0 unspecified atom stereocenters. The number of esters is 1. The first-order chi connectivity index (χ1) is 7.31. The number of carbonyl (C=O) groups excluding carboxylic acids is 1. The van der Waals surface area contributed by atoms with E-state index in [-0.39, 0.29) is 15.8 Å². The van der Waals surface area contributed by atoms with E-state index in [4.69, 9.17) is 32.4 Å². The van der Waals surface area contributed by atoms with Crippen LogP contribution in [0.2, 0.25) is 0 Å². The minimum absolute atomic E-state index is 0.0308. The van der Waals surface area contributed by atoms with E-state index in [9.17, 15) is 4.79 Å². The standard InChI is InChI=1S/C11H12Cl2O3/c1-11(2,3)16-10(14)8(9(12)13)7-5-4-6-15-7/h4-6H,1-3H3. The Morgan fingerprint density at radius 1 is 1.38 bits per heavy atom. The molecule has 3 nitrogen and oxygen atoms in total. The molecule has 0 bridgehead atoms. The second-order valence-corrected chi connectivity index (χ2v) is 5.06. The summed E-state index contributed by atoms with van der Waals surface area (Å²) >= 11 is 11.3. The van der Waals surface area contributed by atoms with E-state index >= 15 is 0 Å². The molecule has 0 atom stereocenters. The highest BCUT2D eigenvalue weighted by atomic mass is 35.5. The predicted molar refractivity (Wildman–Crippen MR) is 63.2 cm³/mol. The van der Waals surface area contributed by atoms with E-state index in [1.165, 1.54) is 6.26 Å². The van der Waals surface area contributed by atoms with Crippen molar-refractivity contribution < 1.29 is 13.9 Å². The van der Waals surface area contributed by atoms with Gasteiger partial charge in [0.25, 0.3) is 0 Å². The second kappa shape index (κ2) is 4.93. The van der Waals surface area contributed by atoms with Crippen LogP contribution in [0.4, 0.5) is 0 Å². The van der Waals surface area contributed by atoms with Crippen LogP contribution in [-0.4, -0.2) is 11.6 Å². The molecule has 0 saturated carbocycles. The highest BCUT2D eigenvalue weighted by Gasteiger charge is 2.25. The third kappa shape index (κ3) is 3.58. The summed E-state index contributed by atoms with van der Waals surface area (Å²) in [5.74, 6) is -0.322. The normalized spacial score (nSPS) is 11.1. The van der Waals surface area contributed by atoms with Gasteiger partial charge >= 0.3 is 5.97 Å². The first kappa shape index (κ1) is 13.1. The summed E-state index contributed by atoms with van der Waals surface area (Å²) in [6, 6.07) is 3.22. The van der Waals surface area contributed by atoms with Crippen LogP contribution in [0.25, 0.3) is 5.57 Å². The van der Waals surface area contributed by atoms with Crippen molar-refractivity contribution in [3.05, 3.63) is 28.6 Å². The van der Waals surface area contributed by atoms with E-state index in [0.717, 1.165) is 0 Å². The lowest BCUT2D eigenvalue weighted by Gasteiger charge is -2.20. The number of hydrogen-bond acceptors (Lipinski definition) is 3. The fourth-order valence-corrected chi connectivity index (χ4v) is 1.36. The Hall–Kier alpha value is -0.930. The molecule has 1 heterocycles. The number of ether oxygens (including phenoxy) is 1. The van der Waals surface area contributed by atoms with Gasteiger partial charge in [-0.1, -0.05) is 23.2 Å². The average Bonchev–Trinajstić information content (AvgIpc) is 2.52. The molecular weight excluding hydrogens is 251 g/mol. The van der Waals surface area contributed by atoms with Crippen molar-refractivity contribution in [1.29, 1.82) is 0 Å². The van der Waals surface area contributed by atoms with E-state index in [1.54, 1.807) is 32.9 Å². The number of halogens is 2. The fraction of sp³-hybridized carbons (Fsp3) is 0.364. The van der Waals surface area contributed by atoms with Gasteiger partial charge in [-0.2, -0.15) is 0 Å². The van der Waals surface area contributed by atoms with Gasteiger partial charge in [-0.05, 0) is 32.9 Å². The quantitative estimate of drug-likeness (QED) is 0.602. The molecule has 0 aliphatic rings. The highest BCUT2D eigenvalue weighted by Crippen LogP contribution is 2.27. The lowest BCUT2D eigenvalue weighted by molar-refractivity contribution is -0.147. The summed E-state index contributed by atoms with van der Waals surface area (Å²) in [5.41, 5.74) is -0.582. The lowest BCUT2D eigenvalue weighted by atomic mass is 10.2. The van der Waals surface area contributed by atoms with Crippen molar-refractivity contribution in [3.8, 4) is 0 Å². The van der Waals surface area contributed by atoms with Crippen LogP contribution in [0.1, 0.15) is 26.5 Å². The Morgan fingerprint density at radius 3 is 2.38 bits per heavy atom. The first-order valence-electron chi connectivity index (χ1n) is 4.64. The van der Waals surface area contributed by atoms with Crippen molar-refractivity contribution in [2.24, 2.45) is 0 Å². The van der Waals surface area contributed by atoms with E-state index in [1.807, 2.05) is 0 Å². The largest absolute Gasteiger partial charge is 0.464 e. The highest BCUT2D eigenvalue weighted by molar-refractivity contribution is 6.61. The molecule has 0 amide bonds. The molecule has 0 aliphatic heterocycles. The lowest BCUT2D eigenvalue weighted by Crippen LogP contribution is -2.24. The summed E-state index contributed by atoms with van der Waals surface area (Å²) < 4.78 is 10.0. The number of hydrogen-bond donors (Lipinski definition) is 0. The van der Waals surface area contributed by atoms with Crippen LogP contribution in [0.3, 0.4) is 0 Å². The number of rotatable bonds is 2. The molecule has 0 saturated heterocycles. The van der Waals surface area contributed by atoms with Crippen LogP contribution >= 0.6 is 23.2 Å². The number of furan rings is 1. The van der Waals surface area contributed by atoms with Gasteiger partial charge in [0.05, 0.1) is 6.26 Å². The SMILES string of the molecule is CC(C)(C)OC(=O)C(=C(Cl)Cl)c1ccco1. The van der Waals surface area contributed by atoms with Gasteiger partial charge in [0.1, 0.15) is 21.4 Å². The molecule has 0 N–H and O–H groups in total. The van der Waals surface area contributed by atoms with Crippen LogP contribution in [0.15, 0.2) is 27.3 Å². The first-order valence-corrected chi connectivity index (χ1v) is 5.39. The third-order valence-corrected chi connectivity index (χ3v) is 1.94. The maximum atomic E-state index is 11.8. The van der Waals surface area contributed by atoms with Gasteiger partial charge in [-0.15, -0.1) is 0 Å². The summed E-state index contributed by atoms with van der Waals surface area (Å²) in [6.07, 6.45) is 1.43. The van der Waals surface area contributed by atoms with Crippen LogP contribution in [0, 0.1) is 0 Å². The van der Waals surface area contributed by atoms with Gasteiger partial charge in [-0.3, -0.25) is 0 Å². The summed E-state index contributed by atoms with van der Waals surface area (Å²) in [6.45, 7) is 5.27. The third-order valence-electron chi connectivity index (χ3n) is 1.56. The molecule has 1 aromatic heterocycles. The number of carbonyl (C=O) groups is 1. The van der Waals surface area contributed by atoms with E-state index in [2.05, 4.69) is 0 Å². The van der Waals surface area contributed by atoms with Crippen molar-refractivity contribution in [2.75, 3.05) is 0 Å². The minimum atomic E-state index is -0.613. The molecule has 0 aliphatic carbocycles. The average molecular weight is 263 g/mol. The van der Waals surface area contributed by atoms with Gasteiger partial charge in [0.2, 0.25) is 0 Å². The molecule has 88 valence electrons. The topological polar surface area (TPSA) is 39.4 Å². The summed E-state index contributed by atoms with van der Waals surface area (Å²) in [7, 11) is 0. The van der Waals surface area contributed by atoms with Crippen molar-refractivity contribution in [3.63, 3.8) is 0 Å². The van der Waals surface area contributed by atoms with Gasteiger partial charge < -0.3 is 9.15 Å². The Morgan fingerprint density at radius 2 is 2.00 bits per heavy atom. The molecule has 5 heteroatoms. The van der Waals surface area contributed by atoms with Gasteiger partial charge in [0, 0.05) is 0 Å². The monoisotopic (exact) mass is 262 g/mol. The van der Waals surface area contributed by atoms with Crippen LogP contribution in [-0.2, 0) is 9.53 Å². The molecule has 1 rings (SSSR count). The maximum Gasteiger partial charge on any atom is 0.344 e. The molecule has 0 fully saturated rings. The van der Waals surface area contributed by atoms with E-state index < -0.39 is 11.6 Å². The summed E-state index contributed by atoms with van der Waals surface area (Å²) in [5, 5.41) is 0. The smallest absolute Gasteiger partial charge is 0.344 e. The minimum Gasteiger partial charge on any atom is -0.464 e. The Bertz CT molecular complexity index is 395. The van der Waals surface area contributed by atoms with Crippen molar-refractivity contribution in [2.45, 2.75) is 26.4 Å². The molecule has 0 spiro atoms. The fourth-order valence-electron chi connectivity index (χ4n) is 1.02. The molecular formula is C11H12Cl2O3. The zero-order valence-corrected chi connectivity index (χ0v) is 10.7. The van der Waals surface area contributed by atoms with Gasteiger partial charge in [-0.25, -0.2) is 4.79 Å².